The Morgan fingerprint density at radius 1 is 1.41 bits per heavy atom. The number of ether oxygens (including phenoxy) is 1. The van der Waals surface area contributed by atoms with Gasteiger partial charge in [0.25, 0.3) is 0 Å². The van der Waals surface area contributed by atoms with Crippen molar-refractivity contribution in [1.29, 1.82) is 0 Å². The zero-order chi connectivity index (χ0) is 15.8. The van der Waals surface area contributed by atoms with Gasteiger partial charge in [-0.1, -0.05) is 28.9 Å². The van der Waals surface area contributed by atoms with Crippen LogP contribution in [0.5, 0.6) is 0 Å². The summed E-state index contributed by atoms with van der Waals surface area (Å²) in [4.78, 5) is 15.8. The van der Waals surface area contributed by atoms with Crippen molar-refractivity contribution in [2.45, 2.75) is 19.3 Å². The molecule has 0 aliphatic rings. The highest BCUT2D eigenvalue weighted by Gasteiger charge is 2.11. The van der Waals surface area contributed by atoms with Crippen LogP contribution in [0.25, 0.3) is 11.4 Å². The van der Waals surface area contributed by atoms with E-state index in [2.05, 4.69) is 15.5 Å². The molecule has 0 radical (unpaired) electrons. The highest BCUT2D eigenvalue weighted by atomic mass is 35.5. The summed E-state index contributed by atoms with van der Waals surface area (Å²) in [6, 6.07) is 7.31. The molecule has 22 heavy (non-hydrogen) atoms. The Kier molecular flexibility index (Phi) is 6.36. The summed E-state index contributed by atoms with van der Waals surface area (Å²) in [7, 11) is 1.60. The van der Waals surface area contributed by atoms with Crippen molar-refractivity contribution in [3.8, 4) is 11.4 Å². The zero-order valence-electron chi connectivity index (χ0n) is 12.3. The second kappa shape index (κ2) is 8.51. The number of amides is 1. The van der Waals surface area contributed by atoms with Gasteiger partial charge in [0.2, 0.25) is 17.6 Å². The van der Waals surface area contributed by atoms with Gasteiger partial charge in [0, 0.05) is 32.1 Å². The molecule has 118 valence electrons. The first kappa shape index (κ1) is 16.5. The molecule has 0 aliphatic carbocycles. The maximum Gasteiger partial charge on any atom is 0.226 e. The molecule has 0 bridgehead atoms. The fourth-order valence-electron chi connectivity index (χ4n) is 1.89. The lowest BCUT2D eigenvalue weighted by atomic mass is 10.2. The Bertz CT molecular complexity index is 616. The fourth-order valence-corrected chi connectivity index (χ4v) is 2.11. The molecule has 6 nitrogen and oxygen atoms in total. The summed E-state index contributed by atoms with van der Waals surface area (Å²) >= 11 is 6.09. The average molecular weight is 324 g/mol. The standard InChI is InChI=1S/C15H18ClN3O3/c1-21-10-9-17-13(20)7-4-8-14-18-15(19-22-14)11-5-2-3-6-12(11)16/h2-3,5-6H,4,7-10H2,1H3,(H,17,20). The van der Waals surface area contributed by atoms with Crippen molar-refractivity contribution in [1.82, 2.24) is 15.5 Å². The van der Waals surface area contributed by atoms with Gasteiger partial charge in [-0.25, -0.2) is 0 Å². The van der Waals surface area contributed by atoms with Crippen LogP contribution >= 0.6 is 11.6 Å². The predicted octanol–water partition coefficient (Wildman–Crippen LogP) is 2.48. The third-order valence-electron chi connectivity index (χ3n) is 3.01. The van der Waals surface area contributed by atoms with Gasteiger partial charge in [-0.05, 0) is 18.6 Å². The third kappa shape index (κ3) is 4.82. The van der Waals surface area contributed by atoms with Gasteiger partial charge < -0.3 is 14.6 Å². The molecule has 0 aliphatic heterocycles. The summed E-state index contributed by atoms with van der Waals surface area (Å²) in [6.45, 7) is 1.03. The van der Waals surface area contributed by atoms with Gasteiger partial charge in [-0.15, -0.1) is 0 Å². The minimum Gasteiger partial charge on any atom is -0.383 e. The highest BCUT2D eigenvalue weighted by molar-refractivity contribution is 6.33. The number of halogens is 1. The number of hydrogen-bond donors (Lipinski definition) is 1. The third-order valence-corrected chi connectivity index (χ3v) is 3.34. The number of aryl methyl sites for hydroxylation is 1. The lowest BCUT2D eigenvalue weighted by Gasteiger charge is -2.02. The van der Waals surface area contributed by atoms with E-state index in [9.17, 15) is 4.79 Å². The van der Waals surface area contributed by atoms with Crippen molar-refractivity contribution >= 4 is 17.5 Å². The highest BCUT2D eigenvalue weighted by Crippen LogP contribution is 2.25. The predicted molar refractivity (Wildman–Crippen MR) is 82.6 cm³/mol. The molecule has 7 heteroatoms. The molecule has 1 aromatic carbocycles. The van der Waals surface area contributed by atoms with Crippen molar-refractivity contribution in [3.05, 3.63) is 35.2 Å². The summed E-state index contributed by atoms with van der Waals surface area (Å²) in [6.07, 6.45) is 1.60. The summed E-state index contributed by atoms with van der Waals surface area (Å²) in [5, 5.41) is 7.25. The number of benzene rings is 1. The molecule has 0 spiro atoms. The Labute approximate surface area is 133 Å². The first-order valence-electron chi connectivity index (χ1n) is 7.04. The van der Waals surface area contributed by atoms with E-state index in [-0.39, 0.29) is 5.91 Å². The normalized spacial score (nSPS) is 10.6. The van der Waals surface area contributed by atoms with Crippen LogP contribution in [0.4, 0.5) is 0 Å². The quantitative estimate of drug-likeness (QED) is 0.755. The zero-order valence-corrected chi connectivity index (χ0v) is 13.1. The van der Waals surface area contributed by atoms with Gasteiger partial charge in [0.05, 0.1) is 11.6 Å². The number of carbonyl (C=O) groups excluding carboxylic acids is 1. The number of nitrogens with zero attached hydrogens (tertiary/aromatic N) is 2. The number of nitrogens with one attached hydrogen (secondary N) is 1. The minimum absolute atomic E-state index is 0.0112. The van der Waals surface area contributed by atoms with Crippen LogP contribution in [-0.2, 0) is 16.0 Å². The van der Waals surface area contributed by atoms with Crippen LogP contribution in [0.1, 0.15) is 18.7 Å². The first-order chi connectivity index (χ1) is 10.7. The number of rotatable bonds is 8. The number of hydrogen-bond acceptors (Lipinski definition) is 5. The van der Waals surface area contributed by atoms with Crippen LogP contribution in [-0.4, -0.2) is 36.3 Å². The fraction of sp³-hybridized carbons (Fsp3) is 0.400. The number of carbonyl (C=O) groups is 1. The Morgan fingerprint density at radius 3 is 3.00 bits per heavy atom. The van der Waals surface area contributed by atoms with Crippen LogP contribution in [0.2, 0.25) is 5.02 Å². The second-order valence-electron chi connectivity index (χ2n) is 4.69. The Balaban J connectivity index is 1.81. The summed E-state index contributed by atoms with van der Waals surface area (Å²) in [5.74, 6) is 0.952. The monoisotopic (exact) mass is 323 g/mol. The SMILES string of the molecule is COCCNC(=O)CCCc1nc(-c2ccccc2Cl)no1. The first-order valence-corrected chi connectivity index (χ1v) is 7.41. The lowest BCUT2D eigenvalue weighted by molar-refractivity contribution is -0.121. The van der Waals surface area contributed by atoms with Crippen molar-refractivity contribution < 1.29 is 14.1 Å². The molecular formula is C15H18ClN3O3. The summed E-state index contributed by atoms with van der Waals surface area (Å²) in [5.41, 5.74) is 0.733. The van der Waals surface area contributed by atoms with E-state index in [0.29, 0.717) is 49.2 Å². The van der Waals surface area contributed by atoms with Gasteiger partial charge in [0.15, 0.2) is 0 Å². The minimum atomic E-state index is -0.0112. The van der Waals surface area contributed by atoms with Crippen molar-refractivity contribution in [2.75, 3.05) is 20.3 Å². The number of aromatic nitrogens is 2. The van der Waals surface area contributed by atoms with E-state index in [0.717, 1.165) is 5.56 Å². The van der Waals surface area contributed by atoms with Crippen molar-refractivity contribution in [2.24, 2.45) is 0 Å². The lowest BCUT2D eigenvalue weighted by Crippen LogP contribution is -2.26. The van der Waals surface area contributed by atoms with E-state index in [4.69, 9.17) is 20.9 Å². The molecule has 1 aromatic heterocycles. The molecule has 0 unspecified atom stereocenters. The van der Waals surface area contributed by atoms with Gasteiger partial charge in [-0.2, -0.15) is 4.98 Å². The molecule has 0 saturated carbocycles. The number of methoxy groups -OCH3 is 1. The molecule has 0 saturated heterocycles. The van der Waals surface area contributed by atoms with Crippen LogP contribution in [0.3, 0.4) is 0 Å². The molecule has 2 aromatic rings. The van der Waals surface area contributed by atoms with Gasteiger partial charge in [-0.3, -0.25) is 4.79 Å². The largest absolute Gasteiger partial charge is 0.383 e. The summed E-state index contributed by atoms with van der Waals surface area (Å²) < 4.78 is 10.0. The second-order valence-corrected chi connectivity index (χ2v) is 5.10. The van der Waals surface area contributed by atoms with Crippen LogP contribution < -0.4 is 5.32 Å². The molecule has 1 heterocycles. The van der Waals surface area contributed by atoms with Crippen LogP contribution in [0.15, 0.2) is 28.8 Å². The Morgan fingerprint density at radius 2 is 2.23 bits per heavy atom. The van der Waals surface area contributed by atoms with Gasteiger partial charge in [0.1, 0.15) is 0 Å². The Hall–Kier alpha value is -1.92. The molecule has 0 fully saturated rings. The topological polar surface area (TPSA) is 77.2 Å². The van der Waals surface area contributed by atoms with E-state index >= 15 is 0 Å². The smallest absolute Gasteiger partial charge is 0.226 e. The molecule has 1 amide bonds. The maximum atomic E-state index is 11.5. The van der Waals surface area contributed by atoms with E-state index in [1.54, 1.807) is 13.2 Å². The van der Waals surface area contributed by atoms with Crippen LogP contribution in [0, 0.1) is 0 Å². The molecule has 1 N–H and O–H groups in total. The average Bonchev–Trinajstić information content (AvgIpc) is 2.97. The van der Waals surface area contributed by atoms with E-state index in [1.165, 1.54) is 0 Å². The van der Waals surface area contributed by atoms with E-state index < -0.39 is 0 Å². The van der Waals surface area contributed by atoms with E-state index in [1.807, 2.05) is 18.2 Å². The molecular weight excluding hydrogens is 306 g/mol. The molecule has 2 rings (SSSR count). The van der Waals surface area contributed by atoms with Crippen molar-refractivity contribution in [3.63, 3.8) is 0 Å². The maximum absolute atomic E-state index is 11.5. The molecule has 0 atom stereocenters. The van der Waals surface area contributed by atoms with Gasteiger partial charge >= 0.3 is 0 Å².